The third-order valence-electron chi connectivity index (χ3n) is 3.89. The van der Waals surface area contributed by atoms with E-state index < -0.39 is 0 Å². The summed E-state index contributed by atoms with van der Waals surface area (Å²) in [6.45, 7) is 14.3. The Morgan fingerprint density at radius 2 is 1.89 bits per heavy atom. The van der Waals surface area contributed by atoms with Crippen molar-refractivity contribution in [1.29, 1.82) is 0 Å². The van der Waals surface area contributed by atoms with Crippen LogP contribution in [-0.4, -0.2) is 22.4 Å². The topological polar surface area (TPSA) is 29.9 Å². The molecule has 0 fully saturated rings. The van der Waals surface area contributed by atoms with Crippen LogP contribution in [0, 0.1) is 13.8 Å². The molecule has 0 amide bonds. The lowest BCUT2D eigenvalue weighted by Gasteiger charge is -2.25. The lowest BCUT2D eigenvalue weighted by atomic mass is 10.1. The van der Waals surface area contributed by atoms with Gasteiger partial charge >= 0.3 is 0 Å². The van der Waals surface area contributed by atoms with E-state index in [1.165, 1.54) is 23.4 Å². The van der Waals surface area contributed by atoms with Crippen LogP contribution in [0.25, 0.3) is 0 Å². The van der Waals surface area contributed by atoms with Gasteiger partial charge in [-0.15, -0.1) is 0 Å². The van der Waals surface area contributed by atoms with Crippen molar-refractivity contribution in [3.05, 3.63) is 17.0 Å². The van der Waals surface area contributed by atoms with Gasteiger partial charge in [0, 0.05) is 11.7 Å². The van der Waals surface area contributed by atoms with Crippen LogP contribution in [0.5, 0.6) is 0 Å². The summed E-state index contributed by atoms with van der Waals surface area (Å²) in [4.78, 5) is 0. The van der Waals surface area contributed by atoms with Gasteiger partial charge in [0.2, 0.25) is 0 Å². The first-order valence-corrected chi connectivity index (χ1v) is 7.34. The molecule has 0 radical (unpaired) electrons. The molecule has 0 bridgehead atoms. The molecule has 1 aromatic rings. The maximum absolute atomic E-state index is 4.73. The lowest BCUT2D eigenvalue weighted by molar-refractivity contribution is 0.334. The number of hydrogen-bond donors (Lipinski definition) is 1. The molecule has 0 saturated heterocycles. The number of nitrogens with one attached hydrogen (secondary N) is 1. The molecule has 0 aliphatic carbocycles. The largest absolute Gasteiger partial charge is 0.312 e. The van der Waals surface area contributed by atoms with E-state index >= 15 is 0 Å². The number of aryl methyl sites for hydroxylation is 1. The maximum Gasteiger partial charge on any atom is 0.0647 e. The maximum atomic E-state index is 4.73. The van der Waals surface area contributed by atoms with Crippen LogP contribution in [0.4, 0.5) is 0 Å². The van der Waals surface area contributed by atoms with E-state index in [0.29, 0.717) is 12.1 Å². The third-order valence-corrected chi connectivity index (χ3v) is 3.89. The van der Waals surface area contributed by atoms with E-state index in [2.05, 4.69) is 51.5 Å². The van der Waals surface area contributed by atoms with Gasteiger partial charge in [0.05, 0.1) is 11.7 Å². The summed E-state index contributed by atoms with van der Waals surface area (Å²) in [6.07, 6.45) is 3.39. The minimum absolute atomic E-state index is 0.417. The van der Waals surface area contributed by atoms with Crippen LogP contribution in [0.2, 0.25) is 0 Å². The summed E-state index contributed by atoms with van der Waals surface area (Å²) in [5, 5.41) is 8.36. The standard InChI is InChI=1S/C15H29N3/c1-7-10-16-15(9-3)13(6)18-12(5)14(8-2)11(4)17-18/h13,15-16H,7-10H2,1-6H3. The predicted molar refractivity (Wildman–Crippen MR) is 78.2 cm³/mol. The Morgan fingerprint density at radius 1 is 1.22 bits per heavy atom. The SMILES string of the molecule is CCCNC(CC)C(C)n1nc(C)c(CC)c1C. The van der Waals surface area contributed by atoms with Crippen LogP contribution >= 0.6 is 0 Å². The molecular formula is C15H29N3. The fourth-order valence-electron chi connectivity index (χ4n) is 2.76. The Labute approximate surface area is 112 Å². The fraction of sp³-hybridized carbons (Fsp3) is 0.800. The first kappa shape index (κ1) is 15.2. The summed E-state index contributed by atoms with van der Waals surface area (Å²) in [6, 6.07) is 0.924. The van der Waals surface area contributed by atoms with Crippen molar-refractivity contribution < 1.29 is 0 Å². The van der Waals surface area contributed by atoms with Gasteiger partial charge in [-0.3, -0.25) is 4.68 Å². The second-order valence-electron chi connectivity index (χ2n) is 5.16. The van der Waals surface area contributed by atoms with E-state index in [4.69, 9.17) is 5.10 Å². The first-order chi connectivity index (χ1) is 8.56. The molecule has 1 rings (SSSR count). The van der Waals surface area contributed by atoms with Crippen LogP contribution < -0.4 is 5.32 Å². The number of rotatable bonds is 7. The summed E-state index contributed by atoms with van der Waals surface area (Å²) < 4.78 is 2.21. The van der Waals surface area contributed by atoms with E-state index in [1.54, 1.807) is 0 Å². The second kappa shape index (κ2) is 6.93. The molecule has 1 N–H and O–H groups in total. The highest BCUT2D eigenvalue weighted by atomic mass is 15.3. The summed E-state index contributed by atoms with van der Waals surface area (Å²) in [5.41, 5.74) is 3.93. The van der Waals surface area contributed by atoms with Crippen molar-refractivity contribution in [2.75, 3.05) is 6.54 Å². The van der Waals surface area contributed by atoms with Crippen molar-refractivity contribution in [2.45, 2.75) is 72.9 Å². The summed E-state index contributed by atoms with van der Waals surface area (Å²) in [5.74, 6) is 0. The average Bonchev–Trinajstić information content (AvgIpc) is 2.65. The van der Waals surface area contributed by atoms with Gasteiger partial charge in [-0.05, 0) is 52.1 Å². The highest BCUT2D eigenvalue weighted by Gasteiger charge is 2.20. The molecule has 0 saturated carbocycles. The monoisotopic (exact) mass is 251 g/mol. The second-order valence-corrected chi connectivity index (χ2v) is 5.16. The van der Waals surface area contributed by atoms with Gasteiger partial charge in [0.15, 0.2) is 0 Å². The molecule has 104 valence electrons. The molecule has 2 unspecified atom stereocenters. The van der Waals surface area contributed by atoms with Crippen molar-refractivity contribution >= 4 is 0 Å². The molecule has 3 nitrogen and oxygen atoms in total. The normalized spacial score (nSPS) is 14.8. The van der Waals surface area contributed by atoms with Crippen LogP contribution in [-0.2, 0) is 6.42 Å². The minimum atomic E-state index is 0.417. The molecule has 0 spiro atoms. The highest BCUT2D eigenvalue weighted by molar-refractivity contribution is 5.24. The Morgan fingerprint density at radius 3 is 2.33 bits per heavy atom. The number of nitrogens with zero attached hydrogens (tertiary/aromatic N) is 2. The van der Waals surface area contributed by atoms with Gasteiger partial charge in [0.1, 0.15) is 0 Å². The van der Waals surface area contributed by atoms with E-state index in [-0.39, 0.29) is 0 Å². The van der Waals surface area contributed by atoms with Crippen molar-refractivity contribution in [3.8, 4) is 0 Å². The molecule has 1 heterocycles. The number of aromatic nitrogens is 2. The van der Waals surface area contributed by atoms with Crippen molar-refractivity contribution in [1.82, 2.24) is 15.1 Å². The van der Waals surface area contributed by atoms with Gasteiger partial charge < -0.3 is 5.32 Å². The van der Waals surface area contributed by atoms with Crippen LogP contribution in [0.1, 0.15) is 63.5 Å². The van der Waals surface area contributed by atoms with Gasteiger partial charge in [0.25, 0.3) is 0 Å². The molecule has 3 heteroatoms. The van der Waals surface area contributed by atoms with Gasteiger partial charge in [-0.25, -0.2) is 0 Å². The molecule has 0 aromatic carbocycles. The fourth-order valence-corrected chi connectivity index (χ4v) is 2.76. The van der Waals surface area contributed by atoms with E-state index in [1.807, 2.05) is 0 Å². The predicted octanol–water partition coefficient (Wildman–Crippen LogP) is 3.40. The van der Waals surface area contributed by atoms with Crippen molar-refractivity contribution in [3.63, 3.8) is 0 Å². The van der Waals surface area contributed by atoms with Gasteiger partial charge in [-0.2, -0.15) is 5.10 Å². The zero-order valence-electron chi connectivity index (χ0n) is 12.9. The molecule has 2 atom stereocenters. The Hall–Kier alpha value is -0.830. The Balaban J connectivity index is 2.91. The highest BCUT2D eigenvalue weighted by Crippen LogP contribution is 2.21. The van der Waals surface area contributed by atoms with E-state index in [9.17, 15) is 0 Å². The zero-order valence-corrected chi connectivity index (χ0v) is 12.9. The minimum Gasteiger partial charge on any atom is -0.312 e. The average molecular weight is 251 g/mol. The first-order valence-electron chi connectivity index (χ1n) is 7.34. The molecule has 18 heavy (non-hydrogen) atoms. The van der Waals surface area contributed by atoms with Gasteiger partial charge in [-0.1, -0.05) is 20.8 Å². The third kappa shape index (κ3) is 3.14. The van der Waals surface area contributed by atoms with Crippen LogP contribution in [0.15, 0.2) is 0 Å². The number of hydrogen-bond acceptors (Lipinski definition) is 2. The quantitative estimate of drug-likeness (QED) is 0.805. The zero-order chi connectivity index (χ0) is 13.7. The molecule has 0 aliphatic heterocycles. The Kier molecular flexibility index (Phi) is 5.86. The Bertz CT molecular complexity index is 368. The summed E-state index contributed by atoms with van der Waals surface area (Å²) >= 11 is 0. The molecular weight excluding hydrogens is 222 g/mol. The van der Waals surface area contributed by atoms with Crippen molar-refractivity contribution in [2.24, 2.45) is 0 Å². The lowest BCUT2D eigenvalue weighted by Crippen LogP contribution is -2.37. The smallest absolute Gasteiger partial charge is 0.0647 e. The van der Waals surface area contributed by atoms with E-state index in [0.717, 1.165) is 19.4 Å². The molecule has 1 aromatic heterocycles. The summed E-state index contributed by atoms with van der Waals surface area (Å²) in [7, 11) is 0. The molecule has 0 aliphatic rings. The van der Waals surface area contributed by atoms with Crippen LogP contribution in [0.3, 0.4) is 0 Å².